The highest BCUT2D eigenvalue weighted by atomic mass is 19.3. The summed E-state index contributed by atoms with van der Waals surface area (Å²) in [6.07, 6.45) is 1.22. The van der Waals surface area contributed by atoms with Crippen LogP contribution in [0.2, 0.25) is 0 Å². The molecule has 2 N–H and O–H groups in total. The number of halogens is 4. The van der Waals surface area contributed by atoms with Crippen LogP contribution in [0.5, 0.6) is 0 Å². The lowest BCUT2D eigenvalue weighted by molar-refractivity contribution is -0.148. The van der Waals surface area contributed by atoms with Gasteiger partial charge in [0.1, 0.15) is 11.8 Å². The second-order valence-electron chi connectivity index (χ2n) is 6.02. The molecule has 0 aliphatic heterocycles. The van der Waals surface area contributed by atoms with Crippen molar-refractivity contribution in [2.24, 2.45) is 0 Å². The van der Waals surface area contributed by atoms with Gasteiger partial charge in [0, 0.05) is 11.6 Å². The Morgan fingerprint density at radius 2 is 2.03 bits per heavy atom. The summed E-state index contributed by atoms with van der Waals surface area (Å²) >= 11 is 0. The first kappa shape index (κ1) is 19.9. The molecule has 1 aromatic carbocycles. The highest BCUT2D eigenvalue weighted by molar-refractivity contribution is 5.87. The first-order valence-electron chi connectivity index (χ1n) is 8.08. The van der Waals surface area contributed by atoms with Crippen molar-refractivity contribution in [3.05, 3.63) is 69.5 Å². The van der Waals surface area contributed by atoms with Gasteiger partial charge in [0.2, 0.25) is 0 Å². The van der Waals surface area contributed by atoms with E-state index in [0.29, 0.717) is 6.07 Å². The summed E-state index contributed by atoms with van der Waals surface area (Å²) < 4.78 is 56.6. The minimum atomic E-state index is -4.37. The van der Waals surface area contributed by atoms with Crippen LogP contribution in [-0.4, -0.2) is 20.9 Å². The van der Waals surface area contributed by atoms with Crippen molar-refractivity contribution in [3.8, 4) is 6.07 Å². The van der Waals surface area contributed by atoms with Crippen molar-refractivity contribution in [1.82, 2.24) is 20.3 Å². The molecular formula is C18H11F4N5O2. The fraction of sp³-hybridized carbons (Fsp3) is 0.167. The molecule has 1 amide bonds. The number of benzene rings is 1. The van der Waals surface area contributed by atoms with E-state index in [1.165, 1.54) is 19.2 Å². The van der Waals surface area contributed by atoms with Crippen LogP contribution in [0.1, 0.15) is 30.0 Å². The van der Waals surface area contributed by atoms with Crippen LogP contribution in [0.25, 0.3) is 10.9 Å². The number of hydrogen-bond acceptors (Lipinski definition) is 5. The Balaban J connectivity index is 1.96. The number of nitrogens with one attached hydrogen (secondary N) is 2. The van der Waals surface area contributed by atoms with Gasteiger partial charge in [0.15, 0.2) is 17.5 Å². The van der Waals surface area contributed by atoms with E-state index in [4.69, 9.17) is 5.26 Å². The lowest BCUT2D eigenvalue weighted by atomic mass is 10.1. The Morgan fingerprint density at radius 3 is 2.72 bits per heavy atom. The number of nitrogens with zero attached hydrogens (tertiary/aromatic N) is 3. The Bertz CT molecular complexity index is 1220. The summed E-state index contributed by atoms with van der Waals surface area (Å²) in [7, 11) is 0. The molecule has 0 radical (unpaired) electrons. The van der Waals surface area contributed by atoms with Gasteiger partial charge < -0.3 is 10.3 Å². The molecule has 2 heterocycles. The van der Waals surface area contributed by atoms with E-state index in [1.54, 1.807) is 6.07 Å². The van der Waals surface area contributed by atoms with Crippen molar-refractivity contribution >= 4 is 16.8 Å². The van der Waals surface area contributed by atoms with E-state index in [1.807, 2.05) is 10.3 Å². The monoisotopic (exact) mass is 405 g/mol. The average Bonchev–Trinajstić information content (AvgIpc) is 2.70. The van der Waals surface area contributed by atoms with Gasteiger partial charge in [0.05, 0.1) is 17.1 Å². The van der Waals surface area contributed by atoms with Crippen LogP contribution in [-0.2, 0) is 10.7 Å². The number of aromatic amines is 1. The lowest BCUT2D eigenvalue weighted by Gasteiger charge is -2.19. The number of H-pyrrole nitrogens is 1. The molecule has 0 spiro atoms. The zero-order valence-electron chi connectivity index (χ0n) is 14.6. The first-order valence-corrected chi connectivity index (χ1v) is 8.08. The van der Waals surface area contributed by atoms with Crippen LogP contribution >= 0.6 is 0 Å². The van der Waals surface area contributed by atoms with Crippen LogP contribution in [0, 0.1) is 23.0 Å². The van der Waals surface area contributed by atoms with E-state index in [0.717, 1.165) is 12.1 Å². The zero-order valence-corrected chi connectivity index (χ0v) is 14.6. The summed E-state index contributed by atoms with van der Waals surface area (Å²) in [6, 6.07) is 4.08. The van der Waals surface area contributed by atoms with Gasteiger partial charge in [-0.15, -0.1) is 0 Å². The van der Waals surface area contributed by atoms with Crippen molar-refractivity contribution in [1.29, 1.82) is 5.26 Å². The molecule has 1 atom stereocenters. The quantitative estimate of drug-likeness (QED) is 0.648. The largest absolute Gasteiger partial charge is 0.355 e. The molecule has 11 heteroatoms. The number of pyridine rings is 1. The van der Waals surface area contributed by atoms with Crippen molar-refractivity contribution in [2.75, 3.05) is 0 Å². The summed E-state index contributed by atoms with van der Waals surface area (Å²) in [4.78, 5) is 33.8. The summed E-state index contributed by atoms with van der Waals surface area (Å²) in [5, 5.41) is 10.2. The van der Waals surface area contributed by atoms with Gasteiger partial charge in [-0.1, -0.05) is 0 Å². The second kappa shape index (κ2) is 7.31. The van der Waals surface area contributed by atoms with Crippen LogP contribution in [0.3, 0.4) is 0 Å². The van der Waals surface area contributed by atoms with E-state index in [-0.39, 0.29) is 17.0 Å². The Labute approximate surface area is 160 Å². The molecule has 0 saturated heterocycles. The van der Waals surface area contributed by atoms with E-state index >= 15 is 0 Å². The first-order chi connectivity index (χ1) is 13.6. The topological polar surface area (TPSA) is 112 Å². The molecule has 0 fully saturated rings. The fourth-order valence-electron chi connectivity index (χ4n) is 2.57. The van der Waals surface area contributed by atoms with Crippen molar-refractivity contribution < 1.29 is 22.4 Å². The van der Waals surface area contributed by atoms with Crippen molar-refractivity contribution in [3.63, 3.8) is 0 Å². The highest BCUT2D eigenvalue weighted by Gasteiger charge is 2.44. The van der Waals surface area contributed by atoms with Gasteiger partial charge in [0.25, 0.3) is 11.5 Å². The molecular weight excluding hydrogens is 394 g/mol. The Hall–Kier alpha value is -3.81. The maximum Gasteiger partial charge on any atom is 0.355 e. The van der Waals surface area contributed by atoms with Crippen LogP contribution in [0.15, 0.2) is 35.3 Å². The molecule has 0 unspecified atom stereocenters. The van der Waals surface area contributed by atoms with E-state index in [2.05, 4.69) is 9.97 Å². The minimum Gasteiger partial charge on any atom is -0.341 e. The van der Waals surface area contributed by atoms with Gasteiger partial charge in [-0.3, -0.25) is 9.59 Å². The van der Waals surface area contributed by atoms with E-state index < -0.39 is 46.0 Å². The van der Waals surface area contributed by atoms with Gasteiger partial charge in [-0.2, -0.15) is 14.0 Å². The maximum absolute atomic E-state index is 14.7. The van der Waals surface area contributed by atoms with Gasteiger partial charge in [-0.25, -0.2) is 18.7 Å². The molecule has 0 bridgehead atoms. The summed E-state index contributed by atoms with van der Waals surface area (Å²) in [5.74, 6) is -9.09. The molecule has 0 aliphatic carbocycles. The molecule has 3 aromatic rings. The standard InChI is InChI=1S/C18H11F4N5O2/c1-8(15-24-5-4-9(7-23)26-15)25-17(29)18(21,22)11-6-10-13(27-16(11)28)3-2-12(19)14(10)20/h2-6,8H,1H3,(H,25,29)(H,27,28)/t8-/m0/s1. The Kier molecular flexibility index (Phi) is 5.02. The molecule has 0 saturated carbocycles. The summed E-state index contributed by atoms with van der Waals surface area (Å²) in [6.45, 7) is 1.30. The number of aromatic nitrogens is 3. The highest BCUT2D eigenvalue weighted by Crippen LogP contribution is 2.29. The number of amides is 1. The minimum absolute atomic E-state index is 0.0358. The van der Waals surface area contributed by atoms with Crippen molar-refractivity contribution in [2.45, 2.75) is 18.9 Å². The molecule has 0 aliphatic rings. The lowest BCUT2D eigenvalue weighted by Crippen LogP contribution is -2.42. The van der Waals surface area contributed by atoms with Gasteiger partial charge in [-0.05, 0) is 31.2 Å². The molecule has 29 heavy (non-hydrogen) atoms. The number of fused-ring (bicyclic) bond motifs is 1. The van der Waals surface area contributed by atoms with Crippen LogP contribution in [0.4, 0.5) is 17.6 Å². The second-order valence-corrected chi connectivity index (χ2v) is 6.02. The third kappa shape index (κ3) is 3.64. The molecule has 148 valence electrons. The normalized spacial score (nSPS) is 12.4. The molecule has 3 rings (SSSR count). The molecule has 7 nitrogen and oxygen atoms in total. The van der Waals surface area contributed by atoms with Gasteiger partial charge >= 0.3 is 5.92 Å². The van der Waals surface area contributed by atoms with E-state index in [9.17, 15) is 27.2 Å². The third-order valence-corrected chi connectivity index (χ3v) is 4.06. The average molecular weight is 405 g/mol. The SMILES string of the molecule is C[C@H](NC(=O)C(F)(F)c1cc2c(F)c(F)ccc2[nH]c1=O)c1nccc(C#N)n1. The number of carbonyl (C=O) groups excluding carboxylic acids is 1. The predicted octanol–water partition coefficient (Wildman–Crippen LogP) is 2.44. The fourth-order valence-corrected chi connectivity index (χ4v) is 2.57. The Morgan fingerprint density at radius 1 is 1.31 bits per heavy atom. The number of nitriles is 1. The molecule has 2 aromatic heterocycles. The number of carbonyl (C=O) groups is 1. The number of rotatable bonds is 4. The number of alkyl halides is 2. The number of hydrogen-bond donors (Lipinski definition) is 2. The van der Waals surface area contributed by atoms with Crippen LogP contribution < -0.4 is 10.9 Å². The summed E-state index contributed by atoms with van der Waals surface area (Å²) in [5.41, 5.74) is -2.93. The smallest absolute Gasteiger partial charge is 0.341 e. The third-order valence-electron chi connectivity index (χ3n) is 4.06. The zero-order chi connectivity index (χ0) is 21.3. The maximum atomic E-state index is 14.7. The predicted molar refractivity (Wildman–Crippen MR) is 91.7 cm³/mol.